The van der Waals surface area contributed by atoms with Crippen molar-refractivity contribution in [1.82, 2.24) is 0 Å². The third-order valence-electron chi connectivity index (χ3n) is 3.07. The number of rotatable bonds is 2. The molecule has 1 aliphatic rings. The van der Waals surface area contributed by atoms with Crippen molar-refractivity contribution in [3.05, 3.63) is 52.4 Å². The fraction of sp³-hybridized carbons (Fsp3) is 0.286. The molecule has 18 heavy (non-hydrogen) atoms. The molecule has 0 N–H and O–H groups in total. The van der Waals surface area contributed by atoms with Crippen LogP contribution in [0.1, 0.15) is 28.7 Å². The highest BCUT2D eigenvalue weighted by Crippen LogP contribution is 2.35. The molecule has 0 radical (unpaired) electrons. The van der Waals surface area contributed by atoms with Gasteiger partial charge >= 0.3 is 0 Å². The fourth-order valence-corrected chi connectivity index (χ4v) is 2.57. The van der Waals surface area contributed by atoms with Crippen molar-refractivity contribution in [3.63, 3.8) is 0 Å². The van der Waals surface area contributed by atoms with E-state index in [9.17, 15) is 0 Å². The van der Waals surface area contributed by atoms with Crippen LogP contribution in [0.4, 0.5) is 0 Å². The molecule has 0 saturated carbocycles. The Kier molecular flexibility index (Phi) is 3.23. The van der Waals surface area contributed by atoms with E-state index in [-0.39, 0.29) is 5.38 Å². The summed E-state index contributed by atoms with van der Waals surface area (Å²) >= 11 is 12.2. The van der Waals surface area contributed by atoms with E-state index >= 15 is 0 Å². The summed E-state index contributed by atoms with van der Waals surface area (Å²) in [6.45, 7) is 0.796. The lowest BCUT2D eigenvalue weighted by molar-refractivity contribution is 0.288. The first-order valence-corrected chi connectivity index (χ1v) is 6.70. The van der Waals surface area contributed by atoms with Crippen LogP contribution < -0.4 is 4.74 Å². The van der Waals surface area contributed by atoms with Gasteiger partial charge in [0.05, 0.1) is 6.61 Å². The van der Waals surface area contributed by atoms with E-state index < -0.39 is 0 Å². The lowest BCUT2D eigenvalue weighted by atomic mass is 10.0. The zero-order chi connectivity index (χ0) is 12.5. The van der Waals surface area contributed by atoms with E-state index in [2.05, 4.69) is 6.07 Å². The van der Waals surface area contributed by atoms with Gasteiger partial charge in [-0.25, -0.2) is 0 Å². The molecule has 1 aromatic heterocycles. The van der Waals surface area contributed by atoms with Crippen molar-refractivity contribution in [2.24, 2.45) is 0 Å². The Hall–Kier alpha value is -1.12. The van der Waals surface area contributed by atoms with Gasteiger partial charge in [-0.1, -0.05) is 12.1 Å². The molecule has 4 heteroatoms. The molecule has 2 aromatic rings. The monoisotopic (exact) mass is 282 g/mol. The minimum absolute atomic E-state index is 0.315. The van der Waals surface area contributed by atoms with E-state index in [0.717, 1.165) is 30.8 Å². The van der Waals surface area contributed by atoms with Crippen molar-refractivity contribution in [2.45, 2.75) is 18.2 Å². The highest BCUT2D eigenvalue weighted by atomic mass is 35.5. The first-order valence-electron chi connectivity index (χ1n) is 5.89. The average Bonchev–Trinajstić information content (AvgIpc) is 2.84. The Balaban J connectivity index is 1.92. The number of alkyl halides is 1. The van der Waals surface area contributed by atoms with Gasteiger partial charge in [-0.3, -0.25) is 0 Å². The lowest BCUT2D eigenvalue weighted by Crippen LogP contribution is -2.08. The number of hydrogen-bond acceptors (Lipinski definition) is 2. The van der Waals surface area contributed by atoms with Crippen molar-refractivity contribution in [3.8, 4) is 5.75 Å². The smallest absolute Gasteiger partial charge is 0.193 e. The van der Waals surface area contributed by atoms with Gasteiger partial charge in [0.2, 0.25) is 0 Å². The molecule has 0 fully saturated rings. The van der Waals surface area contributed by atoms with E-state index in [0.29, 0.717) is 11.0 Å². The maximum Gasteiger partial charge on any atom is 0.193 e. The Labute approximate surface area is 115 Å². The van der Waals surface area contributed by atoms with Gasteiger partial charge in [-0.2, -0.15) is 0 Å². The van der Waals surface area contributed by atoms with Gasteiger partial charge < -0.3 is 9.15 Å². The van der Waals surface area contributed by atoms with Gasteiger partial charge in [-0.15, -0.1) is 11.6 Å². The Morgan fingerprint density at radius 1 is 1.17 bits per heavy atom. The summed E-state index contributed by atoms with van der Waals surface area (Å²) < 4.78 is 10.9. The van der Waals surface area contributed by atoms with Crippen molar-refractivity contribution in [2.75, 3.05) is 6.61 Å². The van der Waals surface area contributed by atoms with E-state index in [1.54, 1.807) is 12.1 Å². The van der Waals surface area contributed by atoms with Gasteiger partial charge in [-0.05, 0) is 53.8 Å². The number of furan rings is 1. The van der Waals surface area contributed by atoms with Crippen molar-refractivity contribution >= 4 is 23.2 Å². The Morgan fingerprint density at radius 2 is 2.06 bits per heavy atom. The van der Waals surface area contributed by atoms with Crippen LogP contribution in [0.25, 0.3) is 0 Å². The highest BCUT2D eigenvalue weighted by molar-refractivity contribution is 6.29. The maximum atomic E-state index is 6.39. The maximum absolute atomic E-state index is 6.39. The average molecular weight is 283 g/mol. The molecule has 1 aromatic carbocycles. The van der Waals surface area contributed by atoms with Gasteiger partial charge in [0.15, 0.2) is 5.22 Å². The summed E-state index contributed by atoms with van der Waals surface area (Å²) in [5.74, 6) is 1.63. The first kappa shape index (κ1) is 11.9. The molecular weight excluding hydrogens is 271 g/mol. The number of halogens is 2. The topological polar surface area (TPSA) is 22.4 Å². The molecule has 0 spiro atoms. The van der Waals surface area contributed by atoms with Gasteiger partial charge in [0.25, 0.3) is 0 Å². The molecule has 1 aliphatic heterocycles. The minimum atomic E-state index is -0.315. The summed E-state index contributed by atoms with van der Waals surface area (Å²) in [7, 11) is 0. The zero-order valence-electron chi connectivity index (χ0n) is 9.66. The molecule has 0 bridgehead atoms. The van der Waals surface area contributed by atoms with Crippen LogP contribution in [0, 0.1) is 0 Å². The summed E-state index contributed by atoms with van der Waals surface area (Å²) in [6.07, 6.45) is 2.08. The SMILES string of the molecule is Clc1ccc(C(Cl)c2ccc3c(c2)CCCO3)o1. The molecule has 1 unspecified atom stereocenters. The Morgan fingerprint density at radius 3 is 2.83 bits per heavy atom. The van der Waals surface area contributed by atoms with Crippen LogP contribution in [0.2, 0.25) is 5.22 Å². The third kappa shape index (κ3) is 2.23. The first-order chi connectivity index (χ1) is 8.74. The largest absolute Gasteiger partial charge is 0.493 e. The molecule has 2 nitrogen and oxygen atoms in total. The minimum Gasteiger partial charge on any atom is -0.493 e. The van der Waals surface area contributed by atoms with Gasteiger partial charge in [0, 0.05) is 0 Å². The number of benzene rings is 1. The molecule has 0 aliphatic carbocycles. The standard InChI is InChI=1S/C14H12Cl2O2/c15-13-6-5-12(18-13)14(16)10-3-4-11-9(8-10)2-1-7-17-11/h3-6,8,14H,1-2,7H2. The molecule has 1 atom stereocenters. The van der Waals surface area contributed by atoms with Crippen LogP contribution >= 0.6 is 23.2 Å². The number of hydrogen-bond donors (Lipinski definition) is 0. The quantitative estimate of drug-likeness (QED) is 0.752. The predicted molar refractivity (Wildman–Crippen MR) is 71.7 cm³/mol. The van der Waals surface area contributed by atoms with E-state index in [4.69, 9.17) is 32.4 Å². The highest BCUT2D eigenvalue weighted by Gasteiger charge is 2.18. The second-order valence-corrected chi connectivity index (χ2v) is 5.13. The zero-order valence-corrected chi connectivity index (χ0v) is 11.2. The second kappa shape index (κ2) is 4.87. The molecule has 2 heterocycles. The molecular formula is C14H12Cl2O2. The summed E-state index contributed by atoms with van der Waals surface area (Å²) in [4.78, 5) is 0. The third-order valence-corrected chi connectivity index (χ3v) is 3.74. The lowest BCUT2D eigenvalue weighted by Gasteiger charge is -2.18. The molecule has 94 valence electrons. The van der Waals surface area contributed by atoms with Crippen molar-refractivity contribution in [1.29, 1.82) is 0 Å². The normalized spacial score (nSPS) is 15.9. The van der Waals surface area contributed by atoms with Crippen LogP contribution in [-0.4, -0.2) is 6.61 Å². The van der Waals surface area contributed by atoms with Crippen molar-refractivity contribution < 1.29 is 9.15 Å². The van der Waals surface area contributed by atoms with E-state index in [1.165, 1.54) is 5.56 Å². The number of ether oxygens (including phenoxy) is 1. The van der Waals surface area contributed by atoms with Crippen LogP contribution in [0.15, 0.2) is 34.7 Å². The fourth-order valence-electron chi connectivity index (χ4n) is 2.17. The summed E-state index contributed by atoms with van der Waals surface area (Å²) in [5.41, 5.74) is 2.22. The Bertz CT molecular complexity index is 563. The second-order valence-electron chi connectivity index (χ2n) is 4.32. The van der Waals surface area contributed by atoms with E-state index in [1.807, 2.05) is 12.1 Å². The summed E-state index contributed by atoms with van der Waals surface area (Å²) in [6, 6.07) is 9.54. The molecule has 0 saturated heterocycles. The van der Waals surface area contributed by atoms with Gasteiger partial charge in [0.1, 0.15) is 16.9 Å². The molecule has 0 amide bonds. The van der Waals surface area contributed by atoms with Crippen LogP contribution in [0.3, 0.4) is 0 Å². The number of aryl methyl sites for hydroxylation is 1. The van der Waals surface area contributed by atoms with Crippen LogP contribution in [-0.2, 0) is 6.42 Å². The summed E-state index contributed by atoms with van der Waals surface area (Å²) in [5, 5.41) is 0.0432. The molecule has 3 rings (SSSR count). The predicted octanol–water partition coefficient (Wildman–Crippen LogP) is 4.59. The number of fused-ring (bicyclic) bond motifs is 1. The van der Waals surface area contributed by atoms with Crippen LogP contribution in [0.5, 0.6) is 5.75 Å².